The number of nitrogens with zero attached hydrogens (tertiary/aromatic N) is 5. The number of anilines is 1. The molecule has 7 nitrogen and oxygen atoms in total. The fourth-order valence-corrected chi connectivity index (χ4v) is 4.37. The van der Waals surface area contributed by atoms with Crippen molar-refractivity contribution in [1.29, 1.82) is 0 Å². The molecule has 1 N–H and O–H groups in total. The molecule has 0 radical (unpaired) electrons. The van der Waals surface area contributed by atoms with E-state index in [0.717, 1.165) is 47.9 Å². The molecule has 7 heteroatoms. The molecule has 3 heterocycles. The highest BCUT2D eigenvalue weighted by atomic mass is 16.2. The molecule has 1 aliphatic rings. The molecule has 0 atom stereocenters. The third-order valence-corrected chi connectivity index (χ3v) is 6.42. The normalized spacial score (nSPS) is 14.5. The van der Waals surface area contributed by atoms with E-state index in [4.69, 9.17) is 4.98 Å². The first kappa shape index (κ1) is 22.1. The molecule has 2 aromatic carbocycles. The maximum Gasteiger partial charge on any atom is 0.321 e. The topological polar surface area (TPSA) is 66.3 Å². The minimum absolute atomic E-state index is 0.0417. The van der Waals surface area contributed by atoms with E-state index in [1.807, 2.05) is 35.4 Å². The molecule has 0 spiro atoms. The molecule has 0 aliphatic carbocycles. The van der Waals surface area contributed by atoms with Crippen molar-refractivity contribution in [2.24, 2.45) is 0 Å². The lowest BCUT2D eigenvalue weighted by Crippen LogP contribution is -2.49. The SMILES string of the molecule is CCc1ccc(NC(=O)N2CCN(Cc3nc4cccnc4n3-c3ccc(C)cc3)CC2)cc1. The van der Waals surface area contributed by atoms with Crippen LogP contribution in [0.4, 0.5) is 10.5 Å². The van der Waals surface area contributed by atoms with Crippen LogP contribution in [0.15, 0.2) is 66.9 Å². The summed E-state index contributed by atoms with van der Waals surface area (Å²) in [5.74, 6) is 0.964. The van der Waals surface area contributed by atoms with Crippen molar-refractivity contribution in [3.63, 3.8) is 0 Å². The van der Waals surface area contributed by atoms with E-state index in [0.29, 0.717) is 19.6 Å². The lowest BCUT2D eigenvalue weighted by Gasteiger charge is -2.34. The Morgan fingerprint density at radius 1 is 0.971 bits per heavy atom. The summed E-state index contributed by atoms with van der Waals surface area (Å²) in [6, 6.07) is 20.4. The van der Waals surface area contributed by atoms with Gasteiger partial charge in [0.25, 0.3) is 0 Å². The molecule has 34 heavy (non-hydrogen) atoms. The van der Waals surface area contributed by atoms with Gasteiger partial charge < -0.3 is 10.2 Å². The fraction of sp³-hybridized carbons (Fsp3) is 0.296. The largest absolute Gasteiger partial charge is 0.322 e. The average molecular weight is 455 g/mol. The Morgan fingerprint density at radius 3 is 2.41 bits per heavy atom. The highest BCUT2D eigenvalue weighted by Crippen LogP contribution is 2.22. The van der Waals surface area contributed by atoms with Crippen molar-refractivity contribution >= 4 is 22.9 Å². The van der Waals surface area contributed by atoms with E-state index < -0.39 is 0 Å². The maximum absolute atomic E-state index is 12.7. The number of carbonyl (C=O) groups excluding carboxylic acids is 1. The van der Waals surface area contributed by atoms with Gasteiger partial charge in [-0.25, -0.2) is 14.8 Å². The molecule has 0 bridgehead atoms. The number of carbonyl (C=O) groups is 1. The number of pyridine rings is 1. The smallest absolute Gasteiger partial charge is 0.321 e. The van der Waals surface area contributed by atoms with E-state index in [9.17, 15) is 4.79 Å². The first-order valence-corrected chi connectivity index (χ1v) is 11.9. The van der Waals surface area contributed by atoms with Gasteiger partial charge in [0.2, 0.25) is 0 Å². The minimum Gasteiger partial charge on any atom is -0.322 e. The first-order valence-electron chi connectivity index (χ1n) is 11.9. The second-order valence-electron chi connectivity index (χ2n) is 8.79. The van der Waals surface area contributed by atoms with Crippen molar-refractivity contribution in [3.05, 3.63) is 83.8 Å². The number of amides is 2. The number of aryl methyl sites for hydroxylation is 2. The van der Waals surface area contributed by atoms with Gasteiger partial charge in [0.1, 0.15) is 11.3 Å². The van der Waals surface area contributed by atoms with Crippen LogP contribution in [0.5, 0.6) is 0 Å². The van der Waals surface area contributed by atoms with E-state index in [2.05, 4.69) is 70.0 Å². The molecule has 5 rings (SSSR count). The number of hydrogen-bond acceptors (Lipinski definition) is 4. The maximum atomic E-state index is 12.7. The number of imidazole rings is 1. The summed E-state index contributed by atoms with van der Waals surface area (Å²) >= 11 is 0. The van der Waals surface area contributed by atoms with Crippen LogP contribution in [0.1, 0.15) is 23.9 Å². The second kappa shape index (κ2) is 9.65. The summed E-state index contributed by atoms with van der Waals surface area (Å²) in [7, 11) is 0. The predicted molar refractivity (Wildman–Crippen MR) is 135 cm³/mol. The molecule has 4 aromatic rings. The number of fused-ring (bicyclic) bond motifs is 1. The predicted octanol–water partition coefficient (Wildman–Crippen LogP) is 4.64. The van der Waals surface area contributed by atoms with Gasteiger partial charge in [0.05, 0.1) is 6.54 Å². The van der Waals surface area contributed by atoms with Gasteiger partial charge in [-0.05, 0) is 55.3 Å². The molecule has 1 saturated heterocycles. The second-order valence-corrected chi connectivity index (χ2v) is 8.79. The third kappa shape index (κ3) is 4.65. The fourth-order valence-electron chi connectivity index (χ4n) is 4.37. The Morgan fingerprint density at radius 2 is 1.71 bits per heavy atom. The van der Waals surface area contributed by atoms with Gasteiger partial charge in [-0.3, -0.25) is 9.47 Å². The lowest BCUT2D eigenvalue weighted by atomic mass is 10.1. The van der Waals surface area contributed by atoms with Gasteiger partial charge >= 0.3 is 6.03 Å². The molecule has 0 unspecified atom stereocenters. The third-order valence-electron chi connectivity index (χ3n) is 6.42. The van der Waals surface area contributed by atoms with E-state index in [1.54, 1.807) is 0 Å². The van der Waals surface area contributed by atoms with Crippen LogP contribution in [0.3, 0.4) is 0 Å². The molecular weight excluding hydrogens is 424 g/mol. The standard InChI is InChI=1S/C27H30N6O/c1-3-21-8-10-22(11-9-21)29-27(34)32-17-15-31(16-18-32)19-25-30-24-5-4-14-28-26(24)33(25)23-12-6-20(2)7-13-23/h4-14H,3,15-19H2,1-2H3,(H,29,34). The molecule has 174 valence electrons. The van der Waals surface area contributed by atoms with E-state index >= 15 is 0 Å². The molecule has 2 aromatic heterocycles. The zero-order valence-electron chi connectivity index (χ0n) is 19.7. The van der Waals surface area contributed by atoms with Gasteiger partial charge in [-0.15, -0.1) is 0 Å². The summed E-state index contributed by atoms with van der Waals surface area (Å²) in [4.78, 5) is 26.5. The van der Waals surface area contributed by atoms with Gasteiger partial charge in [-0.2, -0.15) is 0 Å². The summed E-state index contributed by atoms with van der Waals surface area (Å²) in [5, 5.41) is 3.02. The number of piperazine rings is 1. The molecule has 0 saturated carbocycles. The Kier molecular flexibility index (Phi) is 6.27. The monoisotopic (exact) mass is 454 g/mol. The number of rotatable bonds is 5. The Bertz CT molecular complexity index is 1270. The highest BCUT2D eigenvalue weighted by molar-refractivity contribution is 5.89. The molecule has 2 amide bonds. The van der Waals surface area contributed by atoms with E-state index in [-0.39, 0.29) is 6.03 Å². The van der Waals surface area contributed by atoms with Gasteiger partial charge in [0.15, 0.2) is 5.65 Å². The van der Waals surface area contributed by atoms with Crippen LogP contribution in [-0.2, 0) is 13.0 Å². The number of nitrogens with one attached hydrogen (secondary N) is 1. The zero-order chi connectivity index (χ0) is 23.5. The summed E-state index contributed by atoms with van der Waals surface area (Å²) in [5.41, 5.74) is 6.15. The van der Waals surface area contributed by atoms with Crippen molar-refractivity contribution in [2.45, 2.75) is 26.8 Å². The van der Waals surface area contributed by atoms with Crippen molar-refractivity contribution in [3.8, 4) is 5.69 Å². The number of urea groups is 1. The van der Waals surface area contributed by atoms with Crippen LogP contribution in [0, 0.1) is 6.92 Å². The van der Waals surface area contributed by atoms with E-state index in [1.165, 1.54) is 11.1 Å². The van der Waals surface area contributed by atoms with Crippen LogP contribution in [0.25, 0.3) is 16.9 Å². The highest BCUT2D eigenvalue weighted by Gasteiger charge is 2.23. The van der Waals surface area contributed by atoms with Crippen LogP contribution in [0.2, 0.25) is 0 Å². The van der Waals surface area contributed by atoms with Crippen LogP contribution in [-0.4, -0.2) is 56.5 Å². The van der Waals surface area contributed by atoms with Crippen LogP contribution < -0.4 is 5.32 Å². The van der Waals surface area contributed by atoms with Crippen molar-refractivity contribution < 1.29 is 4.79 Å². The zero-order valence-corrected chi connectivity index (χ0v) is 19.7. The summed E-state index contributed by atoms with van der Waals surface area (Å²) < 4.78 is 2.15. The minimum atomic E-state index is -0.0417. The number of benzene rings is 2. The van der Waals surface area contributed by atoms with Crippen molar-refractivity contribution in [2.75, 3.05) is 31.5 Å². The lowest BCUT2D eigenvalue weighted by molar-refractivity contribution is 0.140. The molecule has 1 aliphatic heterocycles. The number of hydrogen-bond donors (Lipinski definition) is 1. The first-order chi connectivity index (χ1) is 16.6. The summed E-state index contributed by atoms with van der Waals surface area (Å²) in [6.07, 6.45) is 2.80. The average Bonchev–Trinajstić information content (AvgIpc) is 3.23. The summed E-state index contributed by atoms with van der Waals surface area (Å²) in [6.45, 7) is 7.88. The van der Waals surface area contributed by atoms with Crippen molar-refractivity contribution in [1.82, 2.24) is 24.3 Å². The number of aromatic nitrogens is 3. The van der Waals surface area contributed by atoms with Crippen LogP contribution >= 0.6 is 0 Å². The van der Waals surface area contributed by atoms with Gasteiger partial charge in [0, 0.05) is 43.8 Å². The Labute approximate surface area is 200 Å². The Balaban J connectivity index is 1.26. The van der Waals surface area contributed by atoms with Gasteiger partial charge in [-0.1, -0.05) is 36.8 Å². The quantitative estimate of drug-likeness (QED) is 0.477. The molecular formula is C27H30N6O. The molecule has 1 fully saturated rings. The Hall–Kier alpha value is -3.71.